The number of nitrogens with zero attached hydrogens (tertiary/aromatic N) is 3. The number of nitrogens with one attached hydrogen (secondary N) is 1. The summed E-state index contributed by atoms with van der Waals surface area (Å²) in [4.78, 5) is 34.6. The van der Waals surface area contributed by atoms with Crippen molar-refractivity contribution in [2.24, 2.45) is 11.3 Å². The standard InChI is InChI=1S/C24H40N4O2S/c1-3-4-13-27(2)19-20-8-14-28(15-9-20)22(30)18-24(10-6-5-7-11-24)17-21(29)26-23-25-12-16-31-23/h12,16,20H,3-11,13-15,17-19H2,1-2H3,(H,25,26,29). The molecule has 1 aliphatic heterocycles. The Morgan fingerprint density at radius 2 is 1.97 bits per heavy atom. The lowest BCUT2D eigenvalue weighted by atomic mass is 9.69. The molecule has 0 spiro atoms. The Balaban J connectivity index is 1.50. The summed E-state index contributed by atoms with van der Waals surface area (Å²) < 4.78 is 0. The van der Waals surface area contributed by atoms with E-state index < -0.39 is 0 Å². The van der Waals surface area contributed by atoms with Gasteiger partial charge in [0.05, 0.1) is 0 Å². The monoisotopic (exact) mass is 448 g/mol. The highest BCUT2D eigenvalue weighted by molar-refractivity contribution is 7.13. The van der Waals surface area contributed by atoms with E-state index in [1.165, 1.54) is 37.1 Å². The highest BCUT2D eigenvalue weighted by atomic mass is 32.1. The van der Waals surface area contributed by atoms with Crippen LogP contribution in [0, 0.1) is 11.3 Å². The first-order valence-electron chi connectivity index (χ1n) is 12.2. The van der Waals surface area contributed by atoms with Gasteiger partial charge in [0.1, 0.15) is 0 Å². The van der Waals surface area contributed by atoms with E-state index >= 15 is 0 Å². The molecule has 6 nitrogen and oxygen atoms in total. The van der Waals surface area contributed by atoms with Crippen molar-refractivity contribution in [3.05, 3.63) is 11.6 Å². The van der Waals surface area contributed by atoms with Gasteiger partial charge in [-0.05, 0) is 57.0 Å². The van der Waals surface area contributed by atoms with E-state index in [2.05, 4.69) is 34.1 Å². The predicted molar refractivity (Wildman–Crippen MR) is 127 cm³/mol. The fraction of sp³-hybridized carbons (Fsp3) is 0.792. The third-order valence-electron chi connectivity index (χ3n) is 7.09. The van der Waals surface area contributed by atoms with Crippen LogP contribution in [-0.4, -0.2) is 59.8 Å². The molecule has 31 heavy (non-hydrogen) atoms. The van der Waals surface area contributed by atoms with Crippen LogP contribution in [-0.2, 0) is 9.59 Å². The SMILES string of the molecule is CCCCN(C)CC1CCN(C(=O)CC2(CC(=O)Nc3nccs3)CCCCC2)CC1. The Morgan fingerprint density at radius 3 is 2.61 bits per heavy atom. The Hall–Kier alpha value is -1.47. The number of thiazole rings is 1. The summed E-state index contributed by atoms with van der Waals surface area (Å²) >= 11 is 1.44. The summed E-state index contributed by atoms with van der Waals surface area (Å²) in [6.07, 6.45) is 12.7. The minimum Gasteiger partial charge on any atom is -0.343 e. The summed E-state index contributed by atoms with van der Waals surface area (Å²) in [5, 5.41) is 5.43. The first kappa shape index (κ1) is 24.2. The number of unbranched alkanes of at least 4 members (excludes halogenated alkanes) is 1. The molecule has 1 N–H and O–H groups in total. The lowest BCUT2D eigenvalue weighted by Crippen LogP contribution is -2.44. The van der Waals surface area contributed by atoms with Gasteiger partial charge in [-0.15, -0.1) is 11.3 Å². The Bertz CT molecular complexity index is 680. The van der Waals surface area contributed by atoms with Crippen molar-refractivity contribution in [3.8, 4) is 0 Å². The fourth-order valence-electron chi connectivity index (χ4n) is 5.26. The van der Waals surface area contributed by atoms with E-state index in [1.807, 2.05) is 5.38 Å². The Labute approximate surface area is 191 Å². The number of carbonyl (C=O) groups is 2. The predicted octanol–water partition coefficient (Wildman–Crippen LogP) is 4.78. The third kappa shape index (κ3) is 7.56. The van der Waals surface area contributed by atoms with Crippen LogP contribution in [0.1, 0.15) is 77.6 Å². The van der Waals surface area contributed by atoms with Crippen LogP contribution in [0.4, 0.5) is 5.13 Å². The average molecular weight is 449 g/mol. The number of amides is 2. The molecule has 1 saturated carbocycles. The van der Waals surface area contributed by atoms with Crippen LogP contribution in [0.15, 0.2) is 11.6 Å². The van der Waals surface area contributed by atoms with Crippen molar-refractivity contribution in [3.63, 3.8) is 0 Å². The molecule has 1 aromatic heterocycles. The molecule has 1 aromatic rings. The number of piperidine rings is 1. The van der Waals surface area contributed by atoms with Crippen molar-refractivity contribution < 1.29 is 9.59 Å². The minimum absolute atomic E-state index is 0.00141. The molecule has 1 saturated heterocycles. The number of rotatable bonds is 10. The van der Waals surface area contributed by atoms with Crippen LogP contribution < -0.4 is 5.32 Å². The second-order valence-electron chi connectivity index (χ2n) is 9.74. The highest BCUT2D eigenvalue weighted by Crippen LogP contribution is 2.43. The molecule has 2 heterocycles. The molecule has 2 amide bonds. The van der Waals surface area contributed by atoms with Crippen LogP contribution in [0.2, 0.25) is 0 Å². The van der Waals surface area contributed by atoms with Crippen molar-refractivity contribution in [2.45, 2.75) is 77.6 Å². The quantitative estimate of drug-likeness (QED) is 0.559. The van der Waals surface area contributed by atoms with E-state index in [0.29, 0.717) is 23.9 Å². The first-order chi connectivity index (χ1) is 15.0. The van der Waals surface area contributed by atoms with Gasteiger partial charge in [-0.1, -0.05) is 32.6 Å². The summed E-state index contributed by atoms with van der Waals surface area (Å²) in [5.74, 6) is 0.943. The molecule has 0 aromatic carbocycles. The number of hydrogen-bond donors (Lipinski definition) is 1. The maximum Gasteiger partial charge on any atom is 0.226 e. The van der Waals surface area contributed by atoms with Gasteiger partial charge in [0, 0.05) is 44.1 Å². The van der Waals surface area contributed by atoms with E-state index in [9.17, 15) is 9.59 Å². The van der Waals surface area contributed by atoms with Gasteiger partial charge in [-0.3, -0.25) is 9.59 Å². The average Bonchev–Trinajstić information content (AvgIpc) is 3.26. The van der Waals surface area contributed by atoms with Crippen LogP contribution in [0.5, 0.6) is 0 Å². The summed E-state index contributed by atoms with van der Waals surface area (Å²) in [6, 6.07) is 0. The van der Waals surface area contributed by atoms with E-state index in [0.717, 1.165) is 58.2 Å². The summed E-state index contributed by atoms with van der Waals surface area (Å²) in [7, 11) is 2.22. The second-order valence-corrected chi connectivity index (χ2v) is 10.6. The smallest absolute Gasteiger partial charge is 0.226 e. The topological polar surface area (TPSA) is 65.5 Å². The minimum atomic E-state index is -0.187. The number of carbonyl (C=O) groups excluding carboxylic acids is 2. The van der Waals surface area contributed by atoms with Crippen molar-refractivity contribution in [1.82, 2.24) is 14.8 Å². The maximum atomic E-state index is 13.2. The lowest BCUT2D eigenvalue weighted by molar-refractivity contribution is -0.136. The van der Waals surface area contributed by atoms with Gasteiger partial charge in [0.15, 0.2) is 5.13 Å². The molecule has 2 fully saturated rings. The number of likely N-dealkylation sites (tertiary alicyclic amines) is 1. The molecule has 0 unspecified atom stereocenters. The second kappa shape index (κ2) is 12.0. The molecule has 0 atom stereocenters. The first-order valence-corrected chi connectivity index (χ1v) is 13.0. The Kier molecular flexibility index (Phi) is 9.32. The maximum absolute atomic E-state index is 13.2. The molecule has 7 heteroatoms. The van der Waals surface area contributed by atoms with Gasteiger partial charge < -0.3 is 15.1 Å². The molecule has 0 radical (unpaired) electrons. The third-order valence-corrected chi connectivity index (χ3v) is 7.77. The van der Waals surface area contributed by atoms with Crippen LogP contribution in [0.3, 0.4) is 0 Å². The normalized spacial score (nSPS) is 19.5. The van der Waals surface area contributed by atoms with Gasteiger partial charge in [-0.2, -0.15) is 0 Å². The molecule has 0 bridgehead atoms. The van der Waals surface area contributed by atoms with Gasteiger partial charge in [0.25, 0.3) is 0 Å². The zero-order chi connectivity index (χ0) is 22.1. The molecular formula is C24H40N4O2S. The highest BCUT2D eigenvalue weighted by Gasteiger charge is 2.38. The van der Waals surface area contributed by atoms with Gasteiger partial charge in [0.2, 0.25) is 11.8 Å². The largest absolute Gasteiger partial charge is 0.343 e. The van der Waals surface area contributed by atoms with Crippen molar-refractivity contribution in [1.29, 1.82) is 0 Å². The van der Waals surface area contributed by atoms with Crippen LogP contribution in [0.25, 0.3) is 0 Å². The molecule has 174 valence electrons. The van der Waals surface area contributed by atoms with E-state index in [1.54, 1.807) is 6.20 Å². The number of anilines is 1. The number of aromatic nitrogens is 1. The number of hydrogen-bond acceptors (Lipinski definition) is 5. The fourth-order valence-corrected chi connectivity index (χ4v) is 5.81. The van der Waals surface area contributed by atoms with E-state index in [-0.39, 0.29) is 17.2 Å². The Morgan fingerprint density at radius 1 is 1.23 bits per heavy atom. The summed E-state index contributed by atoms with van der Waals surface area (Å²) in [5.41, 5.74) is -0.187. The molecule has 2 aliphatic rings. The molecule has 1 aliphatic carbocycles. The van der Waals surface area contributed by atoms with Crippen LogP contribution >= 0.6 is 11.3 Å². The van der Waals surface area contributed by atoms with Crippen molar-refractivity contribution >= 4 is 28.3 Å². The molecule has 3 rings (SSSR count). The summed E-state index contributed by atoms with van der Waals surface area (Å²) in [6.45, 7) is 6.28. The zero-order valence-electron chi connectivity index (χ0n) is 19.4. The zero-order valence-corrected chi connectivity index (χ0v) is 20.2. The van der Waals surface area contributed by atoms with Crippen molar-refractivity contribution in [2.75, 3.05) is 38.5 Å². The molecular weight excluding hydrogens is 408 g/mol. The lowest BCUT2D eigenvalue weighted by Gasteiger charge is -2.39. The van der Waals surface area contributed by atoms with E-state index in [4.69, 9.17) is 0 Å². The van der Waals surface area contributed by atoms with Gasteiger partial charge in [-0.25, -0.2) is 4.98 Å². The van der Waals surface area contributed by atoms with Gasteiger partial charge >= 0.3 is 0 Å².